The zero-order valence-electron chi connectivity index (χ0n) is 10.8. The molecule has 0 aliphatic heterocycles. The van der Waals surface area contributed by atoms with Crippen LogP contribution in [0, 0.1) is 11.8 Å². The topological polar surface area (TPSA) is 32.3 Å². The molecule has 2 saturated carbocycles. The van der Waals surface area contributed by atoms with Gasteiger partial charge in [0.2, 0.25) is 0 Å². The summed E-state index contributed by atoms with van der Waals surface area (Å²) in [7, 11) is 0. The van der Waals surface area contributed by atoms with Crippen molar-refractivity contribution in [2.24, 2.45) is 11.8 Å². The zero-order chi connectivity index (χ0) is 11.6. The molecule has 0 aromatic heterocycles. The summed E-state index contributed by atoms with van der Waals surface area (Å²) in [5.74, 6) is 1.75. The van der Waals surface area contributed by atoms with E-state index in [0.717, 1.165) is 31.2 Å². The van der Waals surface area contributed by atoms with E-state index in [2.05, 4.69) is 19.2 Å². The van der Waals surface area contributed by atoms with E-state index in [1.54, 1.807) is 0 Å². The molecule has 0 amide bonds. The molecule has 1 atom stereocenters. The molecule has 2 aliphatic rings. The molecule has 2 N–H and O–H groups in total. The number of hydrogen-bond acceptors (Lipinski definition) is 2. The summed E-state index contributed by atoms with van der Waals surface area (Å²) in [5, 5.41) is 14.0. The van der Waals surface area contributed by atoms with Gasteiger partial charge in [-0.1, -0.05) is 13.3 Å². The van der Waals surface area contributed by atoms with Crippen molar-refractivity contribution in [2.45, 2.75) is 70.4 Å². The Hall–Kier alpha value is -0.0800. The molecule has 0 radical (unpaired) electrons. The van der Waals surface area contributed by atoms with Crippen molar-refractivity contribution in [1.82, 2.24) is 5.32 Å². The Morgan fingerprint density at radius 1 is 1.25 bits per heavy atom. The van der Waals surface area contributed by atoms with Gasteiger partial charge >= 0.3 is 0 Å². The number of nitrogens with one attached hydrogen (secondary N) is 1. The predicted octanol–water partition coefficient (Wildman–Crippen LogP) is 2.71. The molecule has 0 aromatic carbocycles. The minimum Gasteiger partial charge on any atom is -0.389 e. The van der Waals surface area contributed by atoms with E-state index in [1.807, 2.05) is 0 Å². The van der Waals surface area contributed by atoms with Crippen molar-refractivity contribution in [3.05, 3.63) is 0 Å². The molecule has 94 valence electrons. The lowest BCUT2D eigenvalue weighted by Gasteiger charge is -2.36. The first-order valence-corrected chi connectivity index (χ1v) is 7.09. The van der Waals surface area contributed by atoms with Gasteiger partial charge in [0.15, 0.2) is 0 Å². The Balaban J connectivity index is 1.71. The van der Waals surface area contributed by atoms with E-state index in [9.17, 15) is 5.11 Å². The third-order valence-corrected chi connectivity index (χ3v) is 4.70. The van der Waals surface area contributed by atoms with Crippen molar-refractivity contribution in [3.8, 4) is 0 Å². The molecule has 2 aliphatic carbocycles. The highest BCUT2D eigenvalue weighted by Crippen LogP contribution is 2.35. The summed E-state index contributed by atoms with van der Waals surface area (Å²) in [6.07, 6.45) is 8.46. The normalized spacial score (nSPS) is 37.3. The van der Waals surface area contributed by atoms with Gasteiger partial charge in [-0.05, 0) is 57.3 Å². The van der Waals surface area contributed by atoms with Crippen LogP contribution >= 0.6 is 0 Å². The van der Waals surface area contributed by atoms with Gasteiger partial charge in [0.05, 0.1) is 5.60 Å². The van der Waals surface area contributed by atoms with Crippen LogP contribution in [0.5, 0.6) is 0 Å². The highest BCUT2D eigenvalue weighted by Gasteiger charge is 2.34. The van der Waals surface area contributed by atoms with Gasteiger partial charge in [0.1, 0.15) is 0 Å². The summed E-state index contributed by atoms with van der Waals surface area (Å²) in [4.78, 5) is 0. The van der Waals surface area contributed by atoms with Gasteiger partial charge in [-0.2, -0.15) is 0 Å². The smallest absolute Gasteiger partial charge is 0.0771 e. The Kier molecular flexibility index (Phi) is 3.91. The summed E-state index contributed by atoms with van der Waals surface area (Å²) in [6, 6.07) is 0.605. The standard InChI is InChI=1S/C14H27NO/c1-3-12-6-8-14(16,9-7-12)10-15-11(2)13-4-5-13/h11-13,15-16H,3-10H2,1-2H3. The summed E-state index contributed by atoms with van der Waals surface area (Å²) < 4.78 is 0. The van der Waals surface area contributed by atoms with E-state index in [0.29, 0.717) is 6.04 Å². The van der Waals surface area contributed by atoms with Crippen molar-refractivity contribution < 1.29 is 5.11 Å². The molecule has 2 rings (SSSR count). The lowest BCUT2D eigenvalue weighted by molar-refractivity contribution is -0.0107. The van der Waals surface area contributed by atoms with E-state index >= 15 is 0 Å². The molecule has 2 heteroatoms. The van der Waals surface area contributed by atoms with Crippen LogP contribution in [0.25, 0.3) is 0 Å². The molecule has 1 unspecified atom stereocenters. The predicted molar refractivity (Wildman–Crippen MR) is 67.4 cm³/mol. The minimum atomic E-state index is -0.408. The first-order valence-electron chi connectivity index (χ1n) is 7.09. The van der Waals surface area contributed by atoms with Gasteiger partial charge in [-0.15, -0.1) is 0 Å². The highest BCUT2D eigenvalue weighted by molar-refractivity contribution is 4.90. The van der Waals surface area contributed by atoms with Gasteiger partial charge in [-0.25, -0.2) is 0 Å². The molecule has 0 aromatic rings. The van der Waals surface area contributed by atoms with Crippen molar-refractivity contribution in [3.63, 3.8) is 0 Å². The monoisotopic (exact) mass is 225 g/mol. The maximum Gasteiger partial charge on any atom is 0.0771 e. The van der Waals surface area contributed by atoms with Crippen LogP contribution < -0.4 is 5.32 Å². The molecular weight excluding hydrogens is 198 g/mol. The van der Waals surface area contributed by atoms with E-state index in [-0.39, 0.29) is 0 Å². The molecular formula is C14H27NO. The average Bonchev–Trinajstić information content (AvgIpc) is 3.11. The maximum atomic E-state index is 10.5. The van der Waals surface area contributed by atoms with Crippen LogP contribution in [0.2, 0.25) is 0 Å². The number of rotatable bonds is 5. The lowest BCUT2D eigenvalue weighted by Crippen LogP contribution is -2.46. The molecule has 0 saturated heterocycles. The van der Waals surface area contributed by atoms with Gasteiger partial charge in [0.25, 0.3) is 0 Å². The minimum absolute atomic E-state index is 0.408. The zero-order valence-corrected chi connectivity index (χ0v) is 10.8. The van der Waals surface area contributed by atoms with Gasteiger partial charge in [0, 0.05) is 12.6 Å². The van der Waals surface area contributed by atoms with Crippen LogP contribution in [0.1, 0.15) is 58.8 Å². The lowest BCUT2D eigenvalue weighted by atomic mass is 9.78. The molecule has 2 nitrogen and oxygen atoms in total. The Morgan fingerprint density at radius 3 is 2.38 bits per heavy atom. The van der Waals surface area contributed by atoms with Gasteiger partial charge < -0.3 is 10.4 Å². The van der Waals surface area contributed by atoms with E-state index < -0.39 is 5.60 Å². The van der Waals surface area contributed by atoms with Crippen molar-refractivity contribution >= 4 is 0 Å². The van der Waals surface area contributed by atoms with Crippen LogP contribution in [-0.2, 0) is 0 Å². The Labute approximate surface area is 99.8 Å². The molecule has 0 heterocycles. The summed E-state index contributed by atoms with van der Waals surface area (Å²) in [6.45, 7) is 5.34. The fourth-order valence-electron chi connectivity index (χ4n) is 2.91. The second kappa shape index (κ2) is 5.05. The largest absolute Gasteiger partial charge is 0.389 e. The first kappa shape index (κ1) is 12.4. The second-order valence-electron chi connectivity index (χ2n) is 6.08. The average molecular weight is 225 g/mol. The van der Waals surface area contributed by atoms with E-state index in [4.69, 9.17) is 0 Å². The Morgan fingerprint density at radius 2 is 1.88 bits per heavy atom. The third kappa shape index (κ3) is 3.21. The van der Waals surface area contributed by atoms with Crippen LogP contribution in [-0.4, -0.2) is 23.3 Å². The number of hydrogen-bond donors (Lipinski definition) is 2. The maximum absolute atomic E-state index is 10.5. The fraction of sp³-hybridized carbons (Fsp3) is 1.00. The summed E-state index contributed by atoms with van der Waals surface area (Å²) >= 11 is 0. The van der Waals surface area contributed by atoms with Crippen molar-refractivity contribution in [2.75, 3.05) is 6.54 Å². The van der Waals surface area contributed by atoms with Crippen LogP contribution in [0.4, 0.5) is 0 Å². The Bertz CT molecular complexity index is 217. The molecule has 0 spiro atoms. The number of aliphatic hydroxyl groups is 1. The summed E-state index contributed by atoms with van der Waals surface area (Å²) in [5.41, 5.74) is -0.408. The first-order chi connectivity index (χ1) is 7.63. The SMILES string of the molecule is CCC1CCC(O)(CNC(C)C2CC2)CC1. The molecule has 2 fully saturated rings. The molecule has 16 heavy (non-hydrogen) atoms. The van der Waals surface area contributed by atoms with Crippen molar-refractivity contribution in [1.29, 1.82) is 0 Å². The third-order valence-electron chi connectivity index (χ3n) is 4.70. The second-order valence-corrected chi connectivity index (χ2v) is 6.08. The fourth-order valence-corrected chi connectivity index (χ4v) is 2.91. The van der Waals surface area contributed by atoms with Gasteiger partial charge in [-0.3, -0.25) is 0 Å². The van der Waals surface area contributed by atoms with Crippen LogP contribution in [0.3, 0.4) is 0 Å². The quantitative estimate of drug-likeness (QED) is 0.754. The van der Waals surface area contributed by atoms with E-state index in [1.165, 1.54) is 32.1 Å². The molecule has 0 bridgehead atoms. The highest BCUT2D eigenvalue weighted by atomic mass is 16.3. The van der Waals surface area contributed by atoms with Crippen LogP contribution in [0.15, 0.2) is 0 Å².